The van der Waals surface area contributed by atoms with E-state index < -0.39 is 5.76 Å². The van der Waals surface area contributed by atoms with Crippen LogP contribution in [-0.2, 0) is 6.54 Å². The number of thiophene rings is 1. The van der Waals surface area contributed by atoms with E-state index in [9.17, 15) is 13.6 Å². The summed E-state index contributed by atoms with van der Waals surface area (Å²) in [6.45, 7) is 0.399. The van der Waals surface area contributed by atoms with E-state index in [1.807, 2.05) is 16.8 Å². The number of amides is 1. The first kappa shape index (κ1) is 14.0. The van der Waals surface area contributed by atoms with Crippen LogP contribution >= 0.6 is 23.1 Å². The maximum Gasteiger partial charge on any atom is 0.288 e. The summed E-state index contributed by atoms with van der Waals surface area (Å²) in [4.78, 5) is 12.3. The molecule has 1 aromatic carbocycles. The van der Waals surface area contributed by atoms with Gasteiger partial charge in [-0.1, -0.05) is 23.9 Å². The van der Waals surface area contributed by atoms with Crippen LogP contribution < -0.4 is 5.32 Å². The molecule has 0 radical (unpaired) electrons. The molecule has 1 heterocycles. The smallest absolute Gasteiger partial charge is 0.288 e. The highest BCUT2D eigenvalue weighted by Gasteiger charge is 2.14. The Morgan fingerprint density at radius 2 is 2.11 bits per heavy atom. The van der Waals surface area contributed by atoms with Gasteiger partial charge in [0.15, 0.2) is 0 Å². The number of thioether (sulfide) groups is 1. The van der Waals surface area contributed by atoms with E-state index in [0.717, 1.165) is 5.56 Å². The molecule has 0 unspecified atom stereocenters. The van der Waals surface area contributed by atoms with Crippen LogP contribution in [0.2, 0.25) is 0 Å². The van der Waals surface area contributed by atoms with Crippen molar-refractivity contribution in [2.24, 2.45) is 0 Å². The number of halogens is 2. The van der Waals surface area contributed by atoms with Crippen molar-refractivity contribution in [3.8, 4) is 0 Å². The lowest BCUT2D eigenvalue weighted by atomic mass is 10.2. The molecule has 1 N–H and O–H groups in total. The highest BCUT2D eigenvalue weighted by Crippen LogP contribution is 2.28. The SMILES string of the molecule is O=C(NCc1ccsc1)c1ccccc1SC(F)F. The van der Waals surface area contributed by atoms with Gasteiger partial charge < -0.3 is 5.32 Å². The van der Waals surface area contributed by atoms with Gasteiger partial charge in [0.05, 0.1) is 5.56 Å². The molecule has 100 valence electrons. The minimum Gasteiger partial charge on any atom is -0.348 e. The third-order valence-corrected chi connectivity index (χ3v) is 3.90. The van der Waals surface area contributed by atoms with E-state index in [1.165, 1.54) is 6.07 Å². The number of carbonyl (C=O) groups is 1. The van der Waals surface area contributed by atoms with Crippen molar-refractivity contribution in [1.29, 1.82) is 0 Å². The second-order valence-electron chi connectivity index (χ2n) is 3.69. The Hall–Kier alpha value is -1.40. The van der Waals surface area contributed by atoms with Crippen molar-refractivity contribution in [2.45, 2.75) is 17.2 Å². The summed E-state index contributed by atoms with van der Waals surface area (Å²) in [6, 6.07) is 8.28. The van der Waals surface area contributed by atoms with E-state index in [4.69, 9.17) is 0 Å². The topological polar surface area (TPSA) is 29.1 Å². The molecule has 2 nitrogen and oxygen atoms in total. The number of rotatable bonds is 5. The molecule has 0 spiro atoms. The van der Waals surface area contributed by atoms with Gasteiger partial charge >= 0.3 is 0 Å². The van der Waals surface area contributed by atoms with E-state index in [0.29, 0.717) is 23.2 Å². The molecule has 0 atom stereocenters. The molecule has 0 aliphatic heterocycles. The molecular weight excluding hydrogens is 288 g/mol. The first-order chi connectivity index (χ1) is 9.16. The standard InChI is InChI=1S/C13H11F2NOS2/c14-13(15)19-11-4-2-1-3-10(11)12(17)16-7-9-5-6-18-8-9/h1-6,8,13H,7H2,(H,16,17). The minimum atomic E-state index is -2.54. The van der Waals surface area contributed by atoms with E-state index in [2.05, 4.69) is 5.32 Å². The molecule has 6 heteroatoms. The van der Waals surface area contributed by atoms with Gasteiger partial charge in [0, 0.05) is 11.4 Å². The zero-order valence-electron chi connectivity index (χ0n) is 9.81. The number of carbonyl (C=O) groups excluding carboxylic acids is 1. The fourth-order valence-corrected chi connectivity index (χ4v) is 2.83. The molecular formula is C13H11F2NOS2. The summed E-state index contributed by atoms with van der Waals surface area (Å²) in [7, 11) is 0. The van der Waals surface area contributed by atoms with Crippen LogP contribution in [-0.4, -0.2) is 11.7 Å². The number of hydrogen-bond acceptors (Lipinski definition) is 3. The zero-order valence-corrected chi connectivity index (χ0v) is 11.4. The molecule has 19 heavy (non-hydrogen) atoms. The van der Waals surface area contributed by atoms with Gasteiger partial charge in [0.25, 0.3) is 11.7 Å². The van der Waals surface area contributed by atoms with Gasteiger partial charge in [-0.2, -0.15) is 20.1 Å². The maximum absolute atomic E-state index is 12.4. The van der Waals surface area contributed by atoms with Crippen LogP contribution in [0.3, 0.4) is 0 Å². The lowest BCUT2D eigenvalue weighted by molar-refractivity contribution is 0.0948. The fraction of sp³-hybridized carbons (Fsp3) is 0.154. The van der Waals surface area contributed by atoms with Crippen molar-refractivity contribution in [1.82, 2.24) is 5.32 Å². The molecule has 0 saturated carbocycles. The maximum atomic E-state index is 12.4. The third-order valence-electron chi connectivity index (χ3n) is 2.38. The van der Waals surface area contributed by atoms with E-state index in [1.54, 1.807) is 29.5 Å². The van der Waals surface area contributed by atoms with Gasteiger partial charge in [0.1, 0.15) is 0 Å². The van der Waals surface area contributed by atoms with Crippen LogP contribution in [0.15, 0.2) is 46.0 Å². The molecule has 1 amide bonds. The number of nitrogens with one attached hydrogen (secondary N) is 1. The van der Waals surface area contributed by atoms with Crippen LogP contribution in [0.25, 0.3) is 0 Å². The van der Waals surface area contributed by atoms with Gasteiger partial charge in [-0.15, -0.1) is 0 Å². The second kappa shape index (κ2) is 6.68. The lowest BCUT2D eigenvalue weighted by Gasteiger charge is -2.08. The summed E-state index contributed by atoms with van der Waals surface area (Å²) < 4.78 is 24.8. The minimum absolute atomic E-state index is 0.281. The number of hydrogen-bond donors (Lipinski definition) is 1. The number of alkyl halides is 2. The fourth-order valence-electron chi connectivity index (χ4n) is 1.52. The quantitative estimate of drug-likeness (QED) is 0.846. The van der Waals surface area contributed by atoms with Crippen molar-refractivity contribution >= 4 is 29.0 Å². The molecule has 2 rings (SSSR count). The predicted molar refractivity (Wildman–Crippen MR) is 73.8 cm³/mol. The summed E-state index contributed by atoms with van der Waals surface area (Å²) in [5, 5.41) is 6.57. The van der Waals surface area contributed by atoms with Crippen molar-refractivity contribution in [2.75, 3.05) is 0 Å². The van der Waals surface area contributed by atoms with Crippen LogP contribution in [0, 0.1) is 0 Å². The van der Waals surface area contributed by atoms with E-state index >= 15 is 0 Å². The van der Waals surface area contributed by atoms with Gasteiger partial charge in [0.2, 0.25) is 0 Å². The van der Waals surface area contributed by atoms with Crippen molar-refractivity contribution < 1.29 is 13.6 Å². The summed E-state index contributed by atoms with van der Waals surface area (Å²) >= 11 is 1.93. The third kappa shape index (κ3) is 4.04. The molecule has 0 saturated heterocycles. The number of benzene rings is 1. The predicted octanol–water partition coefficient (Wildman–Crippen LogP) is 3.99. The Morgan fingerprint density at radius 3 is 2.79 bits per heavy atom. The first-order valence-electron chi connectivity index (χ1n) is 5.50. The highest BCUT2D eigenvalue weighted by molar-refractivity contribution is 7.99. The summed E-state index contributed by atoms with van der Waals surface area (Å²) in [6.07, 6.45) is 0. The Morgan fingerprint density at radius 1 is 1.32 bits per heavy atom. The molecule has 0 aliphatic rings. The monoisotopic (exact) mass is 299 g/mol. The van der Waals surface area contributed by atoms with Crippen LogP contribution in [0.5, 0.6) is 0 Å². The first-order valence-corrected chi connectivity index (χ1v) is 7.32. The molecule has 0 bridgehead atoms. The lowest BCUT2D eigenvalue weighted by Crippen LogP contribution is -2.23. The largest absolute Gasteiger partial charge is 0.348 e. The average Bonchev–Trinajstić information content (AvgIpc) is 2.89. The van der Waals surface area contributed by atoms with Crippen LogP contribution in [0.1, 0.15) is 15.9 Å². The Labute approximate surface area is 117 Å². The van der Waals surface area contributed by atoms with Crippen LogP contribution in [0.4, 0.5) is 8.78 Å². The molecule has 1 aromatic heterocycles. The van der Waals surface area contributed by atoms with Gasteiger partial charge in [-0.3, -0.25) is 4.79 Å². The molecule has 0 fully saturated rings. The Kier molecular flexibility index (Phi) is 4.93. The second-order valence-corrected chi connectivity index (χ2v) is 5.50. The average molecular weight is 299 g/mol. The summed E-state index contributed by atoms with van der Waals surface area (Å²) in [5.74, 6) is -2.87. The van der Waals surface area contributed by atoms with E-state index in [-0.39, 0.29) is 11.5 Å². The summed E-state index contributed by atoms with van der Waals surface area (Å²) in [5.41, 5.74) is 1.28. The highest BCUT2D eigenvalue weighted by atomic mass is 32.2. The molecule has 0 aliphatic carbocycles. The van der Waals surface area contributed by atoms with Gasteiger partial charge in [-0.05, 0) is 34.5 Å². The van der Waals surface area contributed by atoms with Crippen molar-refractivity contribution in [3.05, 3.63) is 52.2 Å². The van der Waals surface area contributed by atoms with Crippen molar-refractivity contribution in [3.63, 3.8) is 0 Å². The normalized spacial score (nSPS) is 10.7. The van der Waals surface area contributed by atoms with Gasteiger partial charge in [-0.25, -0.2) is 0 Å². The Balaban J connectivity index is 2.06. The molecule has 2 aromatic rings. The Bertz CT molecular complexity index is 543. The zero-order chi connectivity index (χ0) is 13.7.